The van der Waals surface area contributed by atoms with Crippen LogP contribution in [0.1, 0.15) is 15.9 Å². The fourth-order valence-corrected chi connectivity index (χ4v) is 5.06. The van der Waals surface area contributed by atoms with Crippen LogP contribution in [0, 0.1) is 0 Å². The summed E-state index contributed by atoms with van der Waals surface area (Å²) in [6, 6.07) is 18.7. The molecule has 134 valence electrons. The predicted octanol–water partition coefficient (Wildman–Crippen LogP) is 4.21. The topological polar surface area (TPSA) is 72.5 Å². The molecule has 0 unspecified atom stereocenters. The van der Waals surface area contributed by atoms with Crippen LogP contribution in [0.2, 0.25) is 0 Å². The minimum Gasteiger partial charge on any atom is -0.378 e. The fraction of sp³-hybridized carbons (Fsp3) is 0.0556. The fourth-order valence-electron chi connectivity index (χ4n) is 2.17. The van der Waals surface area contributed by atoms with E-state index in [-0.39, 0.29) is 15.9 Å². The van der Waals surface area contributed by atoms with Crippen LogP contribution in [0.4, 0.5) is 0 Å². The molecule has 0 aliphatic rings. The molecule has 1 heterocycles. The summed E-state index contributed by atoms with van der Waals surface area (Å²) in [6.45, 7) is 0.381. The molecule has 8 heteroatoms. The Morgan fingerprint density at radius 1 is 1.04 bits per heavy atom. The largest absolute Gasteiger partial charge is 0.378 e. The van der Waals surface area contributed by atoms with Gasteiger partial charge in [0.25, 0.3) is 5.91 Å². The van der Waals surface area contributed by atoms with Gasteiger partial charge in [0, 0.05) is 12.1 Å². The van der Waals surface area contributed by atoms with Crippen LogP contribution < -0.4 is 9.50 Å². The Hall–Kier alpha value is -2.16. The van der Waals surface area contributed by atoms with Crippen molar-refractivity contribution in [2.45, 2.75) is 10.8 Å². The molecule has 3 aromatic rings. The zero-order valence-electron chi connectivity index (χ0n) is 13.4. The van der Waals surface area contributed by atoms with Gasteiger partial charge in [-0.15, -0.1) is 11.3 Å². The molecule has 0 spiro atoms. The van der Waals surface area contributed by atoms with E-state index < -0.39 is 10.1 Å². The summed E-state index contributed by atoms with van der Waals surface area (Å²) in [5.41, 5.74) is 1.29. The van der Waals surface area contributed by atoms with Gasteiger partial charge in [0.1, 0.15) is 5.75 Å². The van der Waals surface area contributed by atoms with Gasteiger partial charge in [-0.2, -0.15) is 8.42 Å². The molecule has 26 heavy (non-hydrogen) atoms. The summed E-state index contributed by atoms with van der Waals surface area (Å²) >= 11 is 4.28. The van der Waals surface area contributed by atoms with Gasteiger partial charge in [0.2, 0.25) is 0 Å². The molecule has 0 aliphatic heterocycles. The van der Waals surface area contributed by atoms with Crippen molar-refractivity contribution < 1.29 is 17.4 Å². The third-order valence-electron chi connectivity index (χ3n) is 3.39. The first-order valence-corrected chi connectivity index (χ1v) is 10.6. The van der Waals surface area contributed by atoms with Gasteiger partial charge in [0.15, 0.2) is 4.21 Å². The number of carbonyl (C=O) groups excluding carboxylic acids is 1. The maximum absolute atomic E-state index is 12.3. The zero-order chi connectivity index (χ0) is 18.6. The third-order valence-corrected chi connectivity index (χ3v) is 6.71. The second-order valence-electron chi connectivity index (χ2n) is 5.29. The molecular formula is C18H14BrNO4S2. The van der Waals surface area contributed by atoms with E-state index in [0.717, 1.165) is 16.9 Å². The van der Waals surface area contributed by atoms with Gasteiger partial charge in [-0.1, -0.05) is 36.4 Å². The molecule has 0 aliphatic carbocycles. The highest BCUT2D eigenvalue weighted by Crippen LogP contribution is 2.28. The molecule has 0 atom stereocenters. The van der Waals surface area contributed by atoms with E-state index in [1.807, 2.05) is 30.3 Å². The lowest BCUT2D eigenvalue weighted by Crippen LogP contribution is -2.22. The van der Waals surface area contributed by atoms with Crippen molar-refractivity contribution in [3.05, 3.63) is 81.6 Å². The molecule has 5 nitrogen and oxygen atoms in total. The number of thiophene rings is 1. The summed E-state index contributed by atoms with van der Waals surface area (Å²) in [5, 5.41) is 2.79. The smallest absolute Gasteiger partial charge is 0.348 e. The molecule has 1 amide bonds. The molecule has 0 radical (unpaired) electrons. The summed E-state index contributed by atoms with van der Waals surface area (Å²) < 4.78 is 30.5. The SMILES string of the molecule is O=C(NCc1ccccc1)c1cccc(OS(=O)(=O)c2ccc(Br)s2)c1. The number of amides is 1. The standard InChI is InChI=1S/C18H14BrNO4S2/c19-16-9-10-17(25-16)26(22,23)24-15-8-4-7-14(11-15)18(21)20-12-13-5-2-1-3-6-13/h1-11H,12H2,(H,20,21). The first-order chi connectivity index (χ1) is 12.4. The van der Waals surface area contributed by atoms with Gasteiger partial charge in [-0.3, -0.25) is 4.79 Å². The second kappa shape index (κ2) is 8.03. The number of rotatable bonds is 6. The molecule has 1 N–H and O–H groups in total. The van der Waals surface area contributed by atoms with Gasteiger partial charge in [-0.05, 0) is 51.8 Å². The van der Waals surface area contributed by atoms with Gasteiger partial charge >= 0.3 is 10.1 Å². The van der Waals surface area contributed by atoms with Gasteiger partial charge in [0.05, 0.1) is 3.79 Å². The van der Waals surface area contributed by atoms with E-state index in [2.05, 4.69) is 21.2 Å². The second-order valence-corrected chi connectivity index (χ2v) is 9.53. The van der Waals surface area contributed by atoms with Crippen LogP contribution >= 0.6 is 27.3 Å². The lowest BCUT2D eigenvalue weighted by Gasteiger charge is -2.08. The van der Waals surface area contributed by atoms with Crippen molar-refractivity contribution in [1.82, 2.24) is 5.32 Å². The highest BCUT2D eigenvalue weighted by Gasteiger charge is 2.19. The molecule has 2 aromatic carbocycles. The molecule has 1 aromatic heterocycles. The molecule has 0 fully saturated rings. The van der Waals surface area contributed by atoms with E-state index in [0.29, 0.717) is 15.9 Å². The summed E-state index contributed by atoms with van der Waals surface area (Å²) in [4.78, 5) is 12.3. The molecule has 3 rings (SSSR count). The summed E-state index contributed by atoms with van der Waals surface area (Å²) in [5.74, 6) is -0.225. The number of benzene rings is 2. The molecule has 0 saturated carbocycles. The molecule has 0 bridgehead atoms. The average Bonchev–Trinajstić information content (AvgIpc) is 3.08. The number of halogens is 1. The Morgan fingerprint density at radius 3 is 2.50 bits per heavy atom. The number of carbonyl (C=O) groups is 1. The van der Waals surface area contributed by atoms with Crippen LogP contribution in [-0.2, 0) is 16.7 Å². The Kier molecular flexibility index (Phi) is 5.75. The Labute approximate surface area is 163 Å². The highest BCUT2D eigenvalue weighted by molar-refractivity contribution is 9.11. The first-order valence-electron chi connectivity index (χ1n) is 7.56. The van der Waals surface area contributed by atoms with E-state index in [9.17, 15) is 13.2 Å². The normalized spacial score (nSPS) is 11.1. The summed E-state index contributed by atoms with van der Waals surface area (Å²) in [7, 11) is -3.93. The Balaban J connectivity index is 1.70. The third kappa shape index (κ3) is 4.72. The van der Waals surface area contributed by atoms with Crippen LogP contribution in [0.3, 0.4) is 0 Å². The monoisotopic (exact) mass is 451 g/mol. The first kappa shape index (κ1) is 18.6. The van der Waals surface area contributed by atoms with Crippen molar-refractivity contribution in [2.75, 3.05) is 0 Å². The van der Waals surface area contributed by atoms with Crippen molar-refractivity contribution >= 4 is 43.3 Å². The number of hydrogen-bond acceptors (Lipinski definition) is 5. The van der Waals surface area contributed by atoms with E-state index in [4.69, 9.17) is 4.18 Å². The maximum atomic E-state index is 12.3. The van der Waals surface area contributed by atoms with E-state index in [1.54, 1.807) is 18.2 Å². The van der Waals surface area contributed by atoms with Crippen molar-refractivity contribution in [1.29, 1.82) is 0 Å². The van der Waals surface area contributed by atoms with Crippen LogP contribution in [0.25, 0.3) is 0 Å². The number of hydrogen-bond donors (Lipinski definition) is 1. The molecule has 0 saturated heterocycles. The number of nitrogens with one attached hydrogen (secondary N) is 1. The average molecular weight is 452 g/mol. The highest BCUT2D eigenvalue weighted by atomic mass is 79.9. The van der Waals surface area contributed by atoms with Crippen LogP contribution in [0.15, 0.2) is 74.7 Å². The van der Waals surface area contributed by atoms with E-state index >= 15 is 0 Å². The molecular weight excluding hydrogens is 438 g/mol. The van der Waals surface area contributed by atoms with E-state index in [1.165, 1.54) is 18.2 Å². The van der Waals surface area contributed by atoms with Gasteiger partial charge in [-0.25, -0.2) is 0 Å². The lowest BCUT2D eigenvalue weighted by atomic mass is 10.2. The Bertz CT molecular complexity index is 1020. The lowest BCUT2D eigenvalue weighted by molar-refractivity contribution is 0.0950. The zero-order valence-corrected chi connectivity index (χ0v) is 16.6. The quantitative estimate of drug-likeness (QED) is 0.569. The van der Waals surface area contributed by atoms with Crippen LogP contribution in [0.5, 0.6) is 5.75 Å². The maximum Gasteiger partial charge on any atom is 0.348 e. The van der Waals surface area contributed by atoms with Crippen molar-refractivity contribution in [2.24, 2.45) is 0 Å². The Morgan fingerprint density at radius 2 is 1.81 bits per heavy atom. The minimum absolute atomic E-state index is 0.0851. The van der Waals surface area contributed by atoms with Crippen molar-refractivity contribution in [3.63, 3.8) is 0 Å². The predicted molar refractivity (Wildman–Crippen MR) is 104 cm³/mol. The minimum atomic E-state index is -3.93. The summed E-state index contributed by atoms with van der Waals surface area (Å²) in [6.07, 6.45) is 0. The van der Waals surface area contributed by atoms with Crippen LogP contribution in [-0.4, -0.2) is 14.3 Å². The van der Waals surface area contributed by atoms with Crippen molar-refractivity contribution in [3.8, 4) is 5.75 Å². The van der Waals surface area contributed by atoms with Gasteiger partial charge < -0.3 is 9.50 Å².